The number of ether oxygens (including phenoxy) is 1. The Bertz CT molecular complexity index is 627. The lowest BCUT2D eigenvalue weighted by Crippen LogP contribution is -2.46. The third-order valence-electron chi connectivity index (χ3n) is 3.75. The van der Waals surface area contributed by atoms with E-state index in [2.05, 4.69) is 5.32 Å². The number of thiophene rings is 1. The van der Waals surface area contributed by atoms with Crippen LogP contribution in [0.15, 0.2) is 16.3 Å². The topological polar surface area (TPSA) is 75.7 Å². The SMILES string of the molecule is CCOCCCNC(=O)C1CCCN1S(=O)(=O)c1ccc(C)s1. The Labute approximate surface area is 141 Å². The molecular formula is C15H24N2O4S2. The second-order valence-corrected chi connectivity index (χ2v) is 8.89. The van der Waals surface area contributed by atoms with Crippen LogP contribution in [0.3, 0.4) is 0 Å². The molecule has 0 aliphatic carbocycles. The van der Waals surface area contributed by atoms with E-state index in [-0.39, 0.29) is 5.91 Å². The smallest absolute Gasteiger partial charge is 0.253 e. The van der Waals surface area contributed by atoms with Crippen molar-refractivity contribution in [1.82, 2.24) is 9.62 Å². The molecule has 0 radical (unpaired) electrons. The van der Waals surface area contributed by atoms with Gasteiger partial charge < -0.3 is 10.1 Å². The van der Waals surface area contributed by atoms with Gasteiger partial charge >= 0.3 is 0 Å². The second kappa shape index (κ2) is 8.23. The van der Waals surface area contributed by atoms with Crippen molar-refractivity contribution in [2.24, 2.45) is 0 Å². The number of carbonyl (C=O) groups excluding carboxylic acids is 1. The van der Waals surface area contributed by atoms with Gasteiger partial charge in [-0.05, 0) is 45.2 Å². The zero-order valence-electron chi connectivity index (χ0n) is 13.6. The van der Waals surface area contributed by atoms with E-state index >= 15 is 0 Å². The lowest BCUT2D eigenvalue weighted by Gasteiger charge is -2.22. The average Bonchev–Trinajstić information content (AvgIpc) is 3.16. The molecule has 1 amide bonds. The fourth-order valence-corrected chi connectivity index (χ4v) is 5.67. The highest BCUT2D eigenvalue weighted by Gasteiger charge is 2.39. The normalized spacial score (nSPS) is 19.1. The van der Waals surface area contributed by atoms with E-state index in [9.17, 15) is 13.2 Å². The second-order valence-electron chi connectivity index (χ2n) is 5.48. The molecular weight excluding hydrogens is 336 g/mol. The van der Waals surface area contributed by atoms with Crippen molar-refractivity contribution in [1.29, 1.82) is 0 Å². The molecule has 1 aromatic heterocycles. The minimum atomic E-state index is -3.58. The Balaban J connectivity index is 1.98. The van der Waals surface area contributed by atoms with Gasteiger partial charge in [0.2, 0.25) is 5.91 Å². The van der Waals surface area contributed by atoms with Crippen molar-refractivity contribution >= 4 is 27.3 Å². The van der Waals surface area contributed by atoms with Gasteiger partial charge in [-0.3, -0.25) is 4.79 Å². The maximum absolute atomic E-state index is 12.7. The van der Waals surface area contributed by atoms with Crippen molar-refractivity contribution in [3.8, 4) is 0 Å². The van der Waals surface area contributed by atoms with Crippen LogP contribution in [0.25, 0.3) is 0 Å². The summed E-state index contributed by atoms with van der Waals surface area (Å²) in [6.45, 7) is 5.95. The van der Waals surface area contributed by atoms with E-state index in [0.717, 1.165) is 11.3 Å². The summed E-state index contributed by atoms with van der Waals surface area (Å²) in [5.41, 5.74) is 0. The fraction of sp³-hybridized carbons (Fsp3) is 0.667. The number of aryl methyl sites for hydroxylation is 1. The highest BCUT2D eigenvalue weighted by molar-refractivity contribution is 7.91. The number of carbonyl (C=O) groups is 1. The molecule has 1 fully saturated rings. The lowest BCUT2D eigenvalue weighted by molar-refractivity contribution is -0.124. The number of nitrogens with one attached hydrogen (secondary N) is 1. The van der Waals surface area contributed by atoms with Crippen molar-refractivity contribution in [3.63, 3.8) is 0 Å². The summed E-state index contributed by atoms with van der Waals surface area (Å²) in [6, 6.07) is 2.80. The third-order valence-corrected chi connectivity index (χ3v) is 7.13. The molecule has 2 rings (SSSR count). The predicted molar refractivity (Wildman–Crippen MR) is 90.1 cm³/mol. The van der Waals surface area contributed by atoms with E-state index in [0.29, 0.717) is 43.4 Å². The van der Waals surface area contributed by atoms with Crippen molar-refractivity contribution in [2.75, 3.05) is 26.3 Å². The minimum absolute atomic E-state index is 0.212. The van der Waals surface area contributed by atoms with E-state index in [1.807, 2.05) is 13.8 Å². The quantitative estimate of drug-likeness (QED) is 0.717. The fourth-order valence-electron chi connectivity index (χ4n) is 2.60. The summed E-state index contributed by atoms with van der Waals surface area (Å²) in [5.74, 6) is -0.212. The molecule has 2 heterocycles. The van der Waals surface area contributed by atoms with Crippen molar-refractivity contribution < 1.29 is 17.9 Å². The van der Waals surface area contributed by atoms with Gasteiger partial charge in [0.15, 0.2) is 0 Å². The first-order valence-electron chi connectivity index (χ1n) is 7.90. The van der Waals surface area contributed by atoms with Crippen LogP contribution in [0.1, 0.15) is 31.1 Å². The summed E-state index contributed by atoms with van der Waals surface area (Å²) in [4.78, 5) is 13.3. The molecule has 1 aliphatic rings. The van der Waals surface area contributed by atoms with Gasteiger partial charge in [-0.2, -0.15) is 4.31 Å². The number of amides is 1. The Morgan fingerprint density at radius 3 is 2.91 bits per heavy atom. The van der Waals surface area contributed by atoms with E-state index in [1.54, 1.807) is 12.1 Å². The first kappa shape index (κ1) is 18.4. The van der Waals surface area contributed by atoms with Gasteiger partial charge in [0, 0.05) is 31.2 Å². The number of sulfonamides is 1. The monoisotopic (exact) mass is 360 g/mol. The molecule has 0 spiro atoms. The number of rotatable bonds is 8. The van der Waals surface area contributed by atoms with Gasteiger partial charge in [-0.15, -0.1) is 11.3 Å². The molecule has 1 N–H and O–H groups in total. The molecule has 1 aliphatic heterocycles. The summed E-state index contributed by atoms with van der Waals surface area (Å²) < 4.78 is 32.3. The number of hydrogen-bond donors (Lipinski definition) is 1. The molecule has 0 saturated carbocycles. The zero-order chi connectivity index (χ0) is 16.9. The Kier molecular flexibility index (Phi) is 6.58. The molecule has 0 bridgehead atoms. The lowest BCUT2D eigenvalue weighted by atomic mass is 10.2. The molecule has 6 nitrogen and oxygen atoms in total. The summed E-state index contributed by atoms with van der Waals surface area (Å²) >= 11 is 1.24. The van der Waals surface area contributed by atoms with Crippen LogP contribution in [0.5, 0.6) is 0 Å². The first-order valence-corrected chi connectivity index (χ1v) is 10.2. The maximum atomic E-state index is 12.7. The molecule has 23 heavy (non-hydrogen) atoms. The van der Waals surface area contributed by atoms with Gasteiger partial charge in [-0.25, -0.2) is 8.42 Å². The summed E-state index contributed by atoms with van der Waals surface area (Å²) in [7, 11) is -3.58. The molecule has 1 unspecified atom stereocenters. The summed E-state index contributed by atoms with van der Waals surface area (Å²) in [5, 5.41) is 2.82. The molecule has 1 saturated heterocycles. The van der Waals surface area contributed by atoms with Crippen molar-refractivity contribution in [3.05, 3.63) is 17.0 Å². The van der Waals surface area contributed by atoms with Crippen molar-refractivity contribution in [2.45, 2.75) is 43.4 Å². The predicted octanol–water partition coefficient (Wildman–Crippen LogP) is 1.75. The average molecular weight is 361 g/mol. The Morgan fingerprint density at radius 2 is 2.26 bits per heavy atom. The molecule has 1 aromatic rings. The van der Waals surface area contributed by atoms with E-state index < -0.39 is 16.1 Å². The number of hydrogen-bond acceptors (Lipinski definition) is 5. The Morgan fingerprint density at radius 1 is 1.48 bits per heavy atom. The van der Waals surface area contributed by atoms with E-state index in [1.165, 1.54) is 15.6 Å². The maximum Gasteiger partial charge on any atom is 0.253 e. The molecule has 130 valence electrons. The third kappa shape index (κ3) is 4.53. The largest absolute Gasteiger partial charge is 0.382 e. The van der Waals surface area contributed by atoms with Crippen LogP contribution in [0.2, 0.25) is 0 Å². The Hall–Kier alpha value is -0.960. The van der Waals surface area contributed by atoms with Crippen LogP contribution in [-0.4, -0.2) is 51.0 Å². The van der Waals surface area contributed by atoms with Gasteiger partial charge in [0.1, 0.15) is 10.3 Å². The molecule has 8 heteroatoms. The zero-order valence-corrected chi connectivity index (χ0v) is 15.2. The summed E-state index contributed by atoms with van der Waals surface area (Å²) in [6.07, 6.45) is 2.00. The van der Waals surface area contributed by atoms with Crippen LogP contribution in [-0.2, 0) is 19.6 Å². The standard InChI is InChI=1S/C15H24N2O4S2/c1-3-21-11-5-9-16-15(18)13-6-4-10-17(13)23(19,20)14-8-7-12(2)22-14/h7-8,13H,3-6,9-11H2,1-2H3,(H,16,18). The highest BCUT2D eigenvalue weighted by Crippen LogP contribution is 2.30. The van der Waals surface area contributed by atoms with Gasteiger partial charge in [0.05, 0.1) is 0 Å². The highest BCUT2D eigenvalue weighted by atomic mass is 32.2. The first-order chi connectivity index (χ1) is 11.0. The van der Waals surface area contributed by atoms with Crippen LogP contribution in [0, 0.1) is 6.92 Å². The van der Waals surface area contributed by atoms with Gasteiger partial charge in [0.25, 0.3) is 10.0 Å². The van der Waals surface area contributed by atoms with E-state index in [4.69, 9.17) is 4.74 Å². The molecule has 0 aromatic carbocycles. The van der Waals surface area contributed by atoms with Crippen LogP contribution < -0.4 is 5.32 Å². The van der Waals surface area contributed by atoms with Crippen LogP contribution in [0.4, 0.5) is 0 Å². The van der Waals surface area contributed by atoms with Crippen LogP contribution >= 0.6 is 11.3 Å². The van der Waals surface area contributed by atoms with Gasteiger partial charge in [-0.1, -0.05) is 0 Å². The number of nitrogens with zero attached hydrogens (tertiary/aromatic N) is 1. The molecule has 1 atom stereocenters. The minimum Gasteiger partial charge on any atom is -0.382 e.